The van der Waals surface area contributed by atoms with Crippen molar-refractivity contribution in [2.24, 2.45) is 11.7 Å². The quantitative estimate of drug-likeness (QED) is 0.440. The summed E-state index contributed by atoms with van der Waals surface area (Å²) in [4.78, 5) is 14.1. The molecular weight excluding hydrogens is 418 g/mol. The van der Waals surface area contributed by atoms with E-state index in [4.69, 9.17) is 23.1 Å². The third kappa shape index (κ3) is 5.23. The predicted molar refractivity (Wildman–Crippen MR) is 137 cm³/mol. The average Bonchev–Trinajstić information content (AvgIpc) is 2.77. The Morgan fingerprint density at radius 3 is 2.34 bits per heavy atom. The SMILES string of the molecule is CCc1c(N)cc(Cl)c(CC)c1C1CCCC(CN(C(N)=O)c2ccc(C(C)C)cc2)C1. The number of amides is 2. The first kappa shape index (κ1) is 24.4. The van der Waals surface area contributed by atoms with Crippen LogP contribution >= 0.6 is 11.6 Å². The Morgan fingerprint density at radius 1 is 1.12 bits per heavy atom. The molecule has 0 aliphatic heterocycles. The number of rotatable bonds is 7. The average molecular weight is 456 g/mol. The minimum absolute atomic E-state index is 0.389. The van der Waals surface area contributed by atoms with Crippen molar-refractivity contribution in [3.8, 4) is 0 Å². The van der Waals surface area contributed by atoms with Gasteiger partial charge in [-0.1, -0.05) is 57.8 Å². The molecular formula is C27H38ClN3O. The number of nitrogens with zero attached hydrogens (tertiary/aromatic N) is 1. The maximum Gasteiger partial charge on any atom is 0.319 e. The minimum Gasteiger partial charge on any atom is -0.398 e. The van der Waals surface area contributed by atoms with Gasteiger partial charge in [-0.25, -0.2) is 4.79 Å². The summed E-state index contributed by atoms with van der Waals surface area (Å²) >= 11 is 6.61. The highest BCUT2D eigenvalue weighted by atomic mass is 35.5. The van der Waals surface area contributed by atoms with E-state index in [9.17, 15) is 4.79 Å². The fraction of sp³-hybridized carbons (Fsp3) is 0.519. The lowest BCUT2D eigenvalue weighted by molar-refractivity contribution is 0.249. The van der Waals surface area contributed by atoms with E-state index in [2.05, 4.69) is 39.8 Å². The lowest BCUT2D eigenvalue weighted by Gasteiger charge is -2.35. The van der Waals surface area contributed by atoms with E-state index in [1.54, 1.807) is 4.90 Å². The van der Waals surface area contributed by atoms with Gasteiger partial charge in [0.15, 0.2) is 0 Å². The molecule has 0 spiro atoms. The number of hydrogen-bond donors (Lipinski definition) is 2. The van der Waals surface area contributed by atoms with Gasteiger partial charge in [0, 0.05) is 22.9 Å². The van der Waals surface area contributed by atoms with E-state index in [0.717, 1.165) is 54.9 Å². The summed E-state index contributed by atoms with van der Waals surface area (Å²) < 4.78 is 0. The van der Waals surface area contributed by atoms with E-state index < -0.39 is 0 Å². The molecule has 1 fully saturated rings. The molecule has 1 aliphatic carbocycles. The number of hydrogen-bond acceptors (Lipinski definition) is 2. The first-order valence-electron chi connectivity index (χ1n) is 12.0. The molecule has 2 aromatic carbocycles. The van der Waals surface area contributed by atoms with Crippen molar-refractivity contribution in [2.45, 2.75) is 78.1 Å². The molecule has 2 aromatic rings. The summed E-state index contributed by atoms with van der Waals surface area (Å²) in [6.45, 7) is 9.31. The van der Waals surface area contributed by atoms with E-state index in [1.807, 2.05) is 18.2 Å². The van der Waals surface area contributed by atoms with Gasteiger partial charge in [-0.2, -0.15) is 0 Å². The predicted octanol–water partition coefficient (Wildman–Crippen LogP) is 7.03. The largest absolute Gasteiger partial charge is 0.398 e. The maximum absolute atomic E-state index is 12.3. The van der Waals surface area contributed by atoms with Gasteiger partial charge in [0.2, 0.25) is 0 Å². The van der Waals surface area contributed by atoms with Crippen LogP contribution in [0.25, 0.3) is 0 Å². The molecule has 0 radical (unpaired) electrons. The van der Waals surface area contributed by atoms with Crippen molar-refractivity contribution in [3.63, 3.8) is 0 Å². The lowest BCUT2D eigenvalue weighted by Crippen LogP contribution is -2.40. The normalized spacial score (nSPS) is 18.7. The van der Waals surface area contributed by atoms with Crippen molar-refractivity contribution in [1.82, 2.24) is 0 Å². The highest BCUT2D eigenvalue weighted by Crippen LogP contribution is 2.43. The molecule has 4 nitrogen and oxygen atoms in total. The Bertz CT molecular complexity index is 911. The third-order valence-corrected chi connectivity index (χ3v) is 7.38. The molecule has 32 heavy (non-hydrogen) atoms. The smallest absolute Gasteiger partial charge is 0.319 e. The molecule has 0 saturated heterocycles. The van der Waals surface area contributed by atoms with E-state index in [-0.39, 0.29) is 6.03 Å². The monoisotopic (exact) mass is 455 g/mol. The first-order chi connectivity index (χ1) is 15.3. The molecule has 0 bridgehead atoms. The number of anilines is 2. The van der Waals surface area contributed by atoms with Gasteiger partial charge in [-0.05, 0) is 90.3 Å². The van der Waals surface area contributed by atoms with Crippen molar-refractivity contribution >= 4 is 29.0 Å². The molecule has 1 aliphatic rings. The Hall–Kier alpha value is -2.20. The fourth-order valence-electron chi connectivity index (χ4n) is 5.36. The number of carbonyl (C=O) groups excluding carboxylic acids is 1. The van der Waals surface area contributed by atoms with Gasteiger partial charge in [0.05, 0.1) is 0 Å². The first-order valence-corrected chi connectivity index (χ1v) is 12.4. The van der Waals surface area contributed by atoms with Crippen LogP contribution in [0.5, 0.6) is 0 Å². The molecule has 2 atom stereocenters. The number of nitrogen functional groups attached to an aromatic ring is 1. The number of carbonyl (C=O) groups is 1. The Labute approximate surface area is 198 Å². The molecule has 4 N–H and O–H groups in total. The Balaban J connectivity index is 1.85. The fourth-order valence-corrected chi connectivity index (χ4v) is 5.72. The van der Waals surface area contributed by atoms with Crippen LogP contribution in [0.1, 0.15) is 87.5 Å². The summed E-state index contributed by atoms with van der Waals surface area (Å²) in [6.07, 6.45) is 6.19. The Kier molecular flexibility index (Phi) is 8.10. The van der Waals surface area contributed by atoms with Crippen molar-refractivity contribution in [1.29, 1.82) is 0 Å². The number of halogens is 1. The number of urea groups is 1. The topological polar surface area (TPSA) is 72.3 Å². The van der Waals surface area contributed by atoms with Crippen LogP contribution in [-0.2, 0) is 12.8 Å². The van der Waals surface area contributed by atoms with Gasteiger partial charge in [0.25, 0.3) is 0 Å². The van der Waals surface area contributed by atoms with E-state index >= 15 is 0 Å². The summed E-state index contributed by atoms with van der Waals surface area (Å²) in [5.74, 6) is 1.26. The second-order valence-electron chi connectivity index (χ2n) is 9.45. The van der Waals surface area contributed by atoms with Gasteiger partial charge in [-0.15, -0.1) is 0 Å². The van der Waals surface area contributed by atoms with Crippen LogP contribution in [-0.4, -0.2) is 12.6 Å². The second-order valence-corrected chi connectivity index (χ2v) is 9.86. The van der Waals surface area contributed by atoms with Crippen LogP contribution in [0, 0.1) is 5.92 Å². The van der Waals surface area contributed by atoms with Crippen molar-refractivity contribution in [3.05, 3.63) is 57.6 Å². The minimum atomic E-state index is -0.389. The molecule has 0 heterocycles. The van der Waals surface area contributed by atoms with Crippen LogP contribution in [0.15, 0.2) is 30.3 Å². The summed E-state index contributed by atoms with van der Waals surface area (Å²) in [7, 11) is 0. The van der Waals surface area contributed by atoms with E-state index in [0.29, 0.717) is 24.3 Å². The molecule has 2 amide bonds. The zero-order chi connectivity index (χ0) is 23.4. The van der Waals surface area contributed by atoms with Crippen LogP contribution in [0.4, 0.5) is 16.2 Å². The van der Waals surface area contributed by atoms with Gasteiger partial charge >= 0.3 is 6.03 Å². The van der Waals surface area contributed by atoms with Crippen molar-refractivity contribution in [2.75, 3.05) is 17.2 Å². The zero-order valence-corrected chi connectivity index (χ0v) is 20.7. The van der Waals surface area contributed by atoms with Crippen molar-refractivity contribution < 1.29 is 4.79 Å². The summed E-state index contributed by atoms with van der Waals surface area (Å²) in [6, 6.07) is 9.74. The van der Waals surface area contributed by atoms with Gasteiger partial charge in [-0.3, -0.25) is 4.90 Å². The van der Waals surface area contributed by atoms with Gasteiger partial charge < -0.3 is 11.5 Å². The second kappa shape index (κ2) is 10.6. The van der Waals surface area contributed by atoms with Crippen LogP contribution in [0.2, 0.25) is 5.02 Å². The maximum atomic E-state index is 12.3. The number of primary amides is 1. The van der Waals surface area contributed by atoms with Crippen LogP contribution < -0.4 is 16.4 Å². The summed E-state index contributed by atoms with van der Waals surface area (Å²) in [5, 5.41) is 0.781. The molecule has 3 rings (SSSR count). The molecule has 5 heteroatoms. The highest BCUT2D eigenvalue weighted by Gasteiger charge is 2.30. The molecule has 174 valence electrons. The zero-order valence-electron chi connectivity index (χ0n) is 20.0. The standard InChI is InChI=1S/C27H38ClN3O/c1-5-22-24(28)15-25(29)23(6-2)26(22)20-9-7-8-18(14-20)16-31(27(30)32)21-12-10-19(11-13-21)17(3)4/h10-13,15,17-18,20H,5-9,14,16,29H2,1-4H3,(H2,30,32). The number of nitrogens with two attached hydrogens (primary N) is 2. The lowest BCUT2D eigenvalue weighted by atomic mass is 9.74. The third-order valence-electron chi connectivity index (χ3n) is 7.05. The molecule has 1 saturated carbocycles. The Morgan fingerprint density at radius 2 is 1.78 bits per heavy atom. The molecule has 2 unspecified atom stereocenters. The summed E-state index contributed by atoms with van der Waals surface area (Å²) in [5.41, 5.74) is 19.0. The number of benzene rings is 2. The molecule has 0 aromatic heterocycles. The highest BCUT2D eigenvalue weighted by molar-refractivity contribution is 6.31. The van der Waals surface area contributed by atoms with E-state index in [1.165, 1.54) is 22.3 Å². The van der Waals surface area contributed by atoms with Crippen LogP contribution in [0.3, 0.4) is 0 Å². The van der Waals surface area contributed by atoms with Gasteiger partial charge in [0.1, 0.15) is 0 Å².